The molecule has 66 valence electrons. The van der Waals surface area contributed by atoms with Crippen LogP contribution >= 0.6 is 0 Å². The molecule has 5 heteroatoms. The summed E-state index contributed by atoms with van der Waals surface area (Å²) in [5.74, 6) is 0.319. The van der Waals surface area contributed by atoms with Crippen LogP contribution in [0.3, 0.4) is 0 Å². The fraction of sp³-hybridized carbons (Fsp3) is 0. The van der Waals surface area contributed by atoms with E-state index in [1.807, 2.05) is 0 Å². The third-order valence-electron chi connectivity index (χ3n) is 1.57. The number of anilines is 1. The van der Waals surface area contributed by atoms with Crippen molar-refractivity contribution < 1.29 is 4.39 Å². The number of aromatic nitrogens is 3. The Hall–Kier alpha value is -1.91. The molecular weight excluding hydrogens is 171 g/mol. The van der Waals surface area contributed by atoms with Gasteiger partial charge in [-0.1, -0.05) is 6.07 Å². The molecule has 2 rings (SSSR count). The average molecular weight is 178 g/mol. The Labute approximate surface area is 73.9 Å². The fourth-order valence-electron chi connectivity index (χ4n) is 1.00. The van der Waals surface area contributed by atoms with Crippen molar-refractivity contribution >= 4 is 5.82 Å². The van der Waals surface area contributed by atoms with E-state index in [2.05, 4.69) is 9.97 Å². The van der Waals surface area contributed by atoms with Gasteiger partial charge in [0.25, 0.3) is 0 Å². The Morgan fingerprint density at radius 1 is 1.38 bits per heavy atom. The summed E-state index contributed by atoms with van der Waals surface area (Å²) in [6, 6.07) is 4.53. The highest BCUT2D eigenvalue weighted by Gasteiger charge is 1.99. The predicted molar refractivity (Wildman–Crippen MR) is 45.7 cm³/mol. The molecule has 2 aromatic rings. The molecule has 0 radical (unpaired) electrons. The first-order valence-electron chi connectivity index (χ1n) is 3.68. The van der Waals surface area contributed by atoms with Gasteiger partial charge in [0.1, 0.15) is 18.0 Å². The average Bonchev–Trinajstić information content (AvgIpc) is 2.52. The summed E-state index contributed by atoms with van der Waals surface area (Å²) in [5.41, 5.74) is 5.40. The van der Waals surface area contributed by atoms with Crippen LogP contribution in [0.25, 0.3) is 5.82 Å². The molecule has 2 heterocycles. The summed E-state index contributed by atoms with van der Waals surface area (Å²) in [6.45, 7) is 0. The summed E-state index contributed by atoms with van der Waals surface area (Å²) in [5, 5.41) is 0. The van der Waals surface area contributed by atoms with Gasteiger partial charge in [0, 0.05) is 0 Å². The molecule has 0 fully saturated rings. The number of hydrogen-bond acceptors (Lipinski definition) is 3. The Morgan fingerprint density at radius 2 is 2.23 bits per heavy atom. The maximum atomic E-state index is 12.7. The molecule has 0 bridgehead atoms. The molecule has 0 amide bonds. The molecule has 0 aromatic carbocycles. The van der Waals surface area contributed by atoms with Gasteiger partial charge in [-0.05, 0) is 12.1 Å². The highest BCUT2D eigenvalue weighted by atomic mass is 19.1. The van der Waals surface area contributed by atoms with Gasteiger partial charge in [-0.3, -0.25) is 4.57 Å². The molecule has 13 heavy (non-hydrogen) atoms. The number of rotatable bonds is 1. The molecule has 0 aliphatic carbocycles. The minimum absolute atomic E-state index is 0.381. The number of nitrogens with zero attached hydrogens (tertiary/aromatic N) is 3. The van der Waals surface area contributed by atoms with E-state index < -0.39 is 5.95 Å². The monoisotopic (exact) mass is 178 g/mol. The molecule has 0 spiro atoms. The zero-order valence-electron chi connectivity index (χ0n) is 6.68. The lowest BCUT2D eigenvalue weighted by molar-refractivity contribution is 0.580. The van der Waals surface area contributed by atoms with Crippen molar-refractivity contribution in [1.29, 1.82) is 0 Å². The Bertz CT molecular complexity index is 424. The van der Waals surface area contributed by atoms with Crippen LogP contribution in [-0.2, 0) is 0 Å². The zero-order valence-corrected chi connectivity index (χ0v) is 6.68. The van der Waals surface area contributed by atoms with Crippen molar-refractivity contribution in [3.8, 4) is 5.82 Å². The van der Waals surface area contributed by atoms with E-state index in [9.17, 15) is 4.39 Å². The van der Waals surface area contributed by atoms with E-state index >= 15 is 0 Å². The van der Waals surface area contributed by atoms with Gasteiger partial charge in [-0.25, -0.2) is 9.97 Å². The molecule has 4 nitrogen and oxygen atoms in total. The second-order valence-corrected chi connectivity index (χ2v) is 2.52. The lowest BCUT2D eigenvalue weighted by Gasteiger charge is -1.98. The molecule has 0 saturated carbocycles. The Morgan fingerprint density at radius 3 is 2.85 bits per heavy atom. The van der Waals surface area contributed by atoms with E-state index in [1.54, 1.807) is 22.9 Å². The van der Waals surface area contributed by atoms with E-state index in [4.69, 9.17) is 5.73 Å². The summed E-state index contributed by atoms with van der Waals surface area (Å²) in [6.07, 6.45) is 3.05. The largest absolute Gasteiger partial charge is 0.382 e. The molecule has 2 aromatic heterocycles. The van der Waals surface area contributed by atoms with E-state index in [0.29, 0.717) is 11.6 Å². The normalized spacial score (nSPS) is 10.2. The van der Waals surface area contributed by atoms with Crippen LogP contribution in [0.15, 0.2) is 30.7 Å². The first kappa shape index (κ1) is 7.72. The van der Waals surface area contributed by atoms with Crippen LogP contribution in [0.4, 0.5) is 10.2 Å². The zero-order chi connectivity index (χ0) is 9.26. The van der Waals surface area contributed by atoms with Crippen molar-refractivity contribution in [2.75, 3.05) is 5.73 Å². The fourth-order valence-corrected chi connectivity index (χ4v) is 1.00. The molecular formula is C8H7FN4. The molecule has 2 N–H and O–H groups in total. The van der Waals surface area contributed by atoms with Crippen LogP contribution < -0.4 is 5.73 Å². The van der Waals surface area contributed by atoms with Crippen molar-refractivity contribution in [2.24, 2.45) is 0 Å². The van der Waals surface area contributed by atoms with Gasteiger partial charge in [0.2, 0.25) is 5.95 Å². The smallest absolute Gasteiger partial charge is 0.214 e. The topological polar surface area (TPSA) is 56.7 Å². The second kappa shape index (κ2) is 2.85. The summed E-state index contributed by atoms with van der Waals surface area (Å²) in [7, 11) is 0. The van der Waals surface area contributed by atoms with Crippen LogP contribution in [0.1, 0.15) is 0 Å². The second-order valence-electron chi connectivity index (χ2n) is 2.52. The Balaban J connectivity index is 2.46. The van der Waals surface area contributed by atoms with Crippen LogP contribution in [-0.4, -0.2) is 14.5 Å². The maximum Gasteiger partial charge on any atom is 0.214 e. The first-order chi connectivity index (χ1) is 6.25. The lowest BCUT2D eigenvalue weighted by Crippen LogP contribution is -1.95. The number of halogens is 1. The van der Waals surface area contributed by atoms with E-state index in [1.165, 1.54) is 12.4 Å². The quantitative estimate of drug-likeness (QED) is 0.662. The van der Waals surface area contributed by atoms with Gasteiger partial charge >= 0.3 is 0 Å². The van der Waals surface area contributed by atoms with Crippen molar-refractivity contribution in [3.05, 3.63) is 36.7 Å². The highest BCUT2D eigenvalue weighted by Crippen LogP contribution is 2.06. The molecule has 0 atom stereocenters. The summed E-state index contributed by atoms with van der Waals surface area (Å²) < 4.78 is 14.2. The lowest BCUT2D eigenvalue weighted by atomic mass is 10.4. The molecule has 0 aliphatic rings. The number of imidazole rings is 1. The van der Waals surface area contributed by atoms with Crippen LogP contribution in [0, 0.1) is 5.95 Å². The molecule has 0 saturated heterocycles. The van der Waals surface area contributed by atoms with Crippen molar-refractivity contribution in [2.45, 2.75) is 0 Å². The summed E-state index contributed by atoms with van der Waals surface area (Å²) in [4.78, 5) is 7.46. The molecule has 0 aliphatic heterocycles. The highest BCUT2D eigenvalue weighted by molar-refractivity contribution is 5.30. The number of pyridine rings is 1. The van der Waals surface area contributed by atoms with E-state index in [0.717, 1.165) is 0 Å². The third kappa shape index (κ3) is 1.48. The number of nitrogens with two attached hydrogens (primary N) is 1. The van der Waals surface area contributed by atoms with Gasteiger partial charge in [0.15, 0.2) is 0 Å². The maximum absolute atomic E-state index is 12.7. The predicted octanol–water partition coefficient (Wildman–Crippen LogP) is 0.989. The Kier molecular flexibility index (Phi) is 1.70. The minimum atomic E-state index is -0.523. The van der Waals surface area contributed by atoms with Gasteiger partial charge in [0.05, 0.1) is 6.20 Å². The number of hydrogen-bond donors (Lipinski definition) is 1. The van der Waals surface area contributed by atoms with E-state index in [-0.39, 0.29) is 0 Å². The first-order valence-corrected chi connectivity index (χ1v) is 3.68. The minimum Gasteiger partial charge on any atom is -0.382 e. The van der Waals surface area contributed by atoms with Gasteiger partial charge in [-0.2, -0.15) is 4.39 Å². The van der Waals surface area contributed by atoms with Gasteiger partial charge in [-0.15, -0.1) is 0 Å². The standard InChI is InChI=1S/C8H7FN4/c9-6-2-1-3-8(12-6)13-4-7(10)11-5-13/h1-5H,10H2. The van der Waals surface area contributed by atoms with Gasteiger partial charge < -0.3 is 5.73 Å². The molecule has 0 unspecified atom stereocenters. The summed E-state index contributed by atoms with van der Waals surface area (Å²) >= 11 is 0. The van der Waals surface area contributed by atoms with Crippen molar-refractivity contribution in [1.82, 2.24) is 14.5 Å². The SMILES string of the molecule is Nc1cn(-c2cccc(F)n2)cn1. The van der Waals surface area contributed by atoms with Crippen molar-refractivity contribution in [3.63, 3.8) is 0 Å². The third-order valence-corrected chi connectivity index (χ3v) is 1.57. The number of nitrogen functional groups attached to an aromatic ring is 1. The van der Waals surface area contributed by atoms with Crippen LogP contribution in [0.5, 0.6) is 0 Å². The van der Waals surface area contributed by atoms with Crippen LogP contribution in [0.2, 0.25) is 0 Å².